The molecule has 0 saturated carbocycles. The molecule has 6 nitrogen and oxygen atoms in total. The number of ether oxygens (including phenoxy) is 3. The molecule has 0 aliphatic heterocycles. The summed E-state index contributed by atoms with van der Waals surface area (Å²) in [4.78, 5) is 23.6. The Labute approximate surface area is 165 Å². The number of hydrogen-bond acceptors (Lipinski definition) is 5. The fourth-order valence-corrected chi connectivity index (χ4v) is 2.45. The van der Waals surface area contributed by atoms with Gasteiger partial charge in [-0.15, -0.1) is 0 Å². The van der Waals surface area contributed by atoms with Gasteiger partial charge in [0.1, 0.15) is 11.5 Å². The highest BCUT2D eigenvalue weighted by Gasteiger charge is 2.12. The fourth-order valence-electron chi connectivity index (χ4n) is 2.22. The van der Waals surface area contributed by atoms with Crippen molar-refractivity contribution in [2.24, 2.45) is 0 Å². The Bertz CT molecular complexity index is 814. The largest absolute Gasteiger partial charge is 0.497 e. The quantitative estimate of drug-likeness (QED) is 0.627. The molecule has 2 aromatic rings. The van der Waals surface area contributed by atoms with Crippen LogP contribution in [0.15, 0.2) is 42.5 Å². The van der Waals surface area contributed by atoms with Crippen LogP contribution in [-0.4, -0.2) is 32.2 Å². The van der Waals surface area contributed by atoms with Crippen molar-refractivity contribution in [1.82, 2.24) is 0 Å². The van der Waals surface area contributed by atoms with Crippen LogP contribution < -0.4 is 14.8 Å². The summed E-state index contributed by atoms with van der Waals surface area (Å²) >= 11 is 5.80. The zero-order valence-electron chi connectivity index (χ0n) is 14.9. The van der Waals surface area contributed by atoms with Crippen LogP contribution in [0.2, 0.25) is 5.02 Å². The van der Waals surface area contributed by atoms with Crippen LogP contribution in [0.5, 0.6) is 11.5 Å². The summed E-state index contributed by atoms with van der Waals surface area (Å²) in [7, 11) is 1.57. The van der Waals surface area contributed by atoms with Crippen LogP contribution in [-0.2, 0) is 20.7 Å². The summed E-state index contributed by atoms with van der Waals surface area (Å²) in [6.07, 6.45) is 0.580. The molecule has 2 rings (SSSR count). The lowest BCUT2D eigenvalue weighted by molar-refractivity contribution is -0.147. The van der Waals surface area contributed by atoms with E-state index in [1.165, 1.54) is 18.2 Å². The predicted molar refractivity (Wildman–Crippen MR) is 99.0 cm³/mol. The van der Waals surface area contributed by atoms with E-state index >= 15 is 0 Å². The van der Waals surface area contributed by atoms with E-state index in [2.05, 4.69) is 10.1 Å². The molecule has 1 amide bonds. The molecule has 0 bridgehead atoms. The first-order valence-electron chi connectivity index (χ1n) is 8.20. The molecule has 0 spiro atoms. The molecule has 0 heterocycles. The summed E-state index contributed by atoms with van der Waals surface area (Å²) in [6, 6.07) is 11.0. The first kappa shape index (κ1) is 21.4. The van der Waals surface area contributed by atoms with Crippen molar-refractivity contribution in [3.05, 3.63) is 53.1 Å². The second-order valence-electron chi connectivity index (χ2n) is 5.58. The Morgan fingerprint density at radius 2 is 1.86 bits per heavy atom. The molecule has 0 unspecified atom stereocenters. The van der Waals surface area contributed by atoms with Crippen LogP contribution in [0.4, 0.5) is 14.5 Å². The second kappa shape index (κ2) is 10.5. The highest BCUT2D eigenvalue weighted by atomic mass is 35.5. The first-order valence-corrected chi connectivity index (χ1v) is 8.58. The molecule has 0 fully saturated rings. The molecular formula is C19H18ClF2NO5. The number of amides is 1. The molecule has 1 N–H and O–H groups in total. The summed E-state index contributed by atoms with van der Waals surface area (Å²) in [5, 5.41) is 2.36. The molecule has 0 saturated heterocycles. The third kappa shape index (κ3) is 7.03. The number of rotatable bonds is 9. The highest BCUT2D eigenvalue weighted by Crippen LogP contribution is 2.28. The monoisotopic (exact) mass is 413 g/mol. The number of benzene rings is 2. The van der Waals surface area contributed by atoms with Gasteiger partial charge in [-0.2, -0.15) is 8.78 Å². The molecule has 0 atom stereocenters. The number of carbonyl (C=O) groups excluding carboxylic acids is 2. The van der Waals surface area contributed by atoms with Gasteiger partial charge in [0.05, 0.1) is 12.1 Å². The van der Waals surface area contributed by atoms with Gasteiger partial charge in [0.2, 0.25) is 0 Å². The lowest BCUT2D eigenvalue weighted by atomic mass is 10.1. The van der Waals surface area contributed by atoms with E-state index in [4.69, 9.17) is 21.1 Å². The number of alkyl halides is 2. The minimum Gasteiger partial charge on any atom is -0.497 e. The molecular weight excluding hydrogens is 396 g/mol. The van der Waals surface area contributed by atoms with Gasteiger partial charge in [0.25, 0.3) is 5.91 Å². The maximum atomic E-state index is 12.2. The Balaban J connectivity index is 1.75. The summed E-state index contributed by atoms with van der Waals surface area (Å²) in [6.45, 7) is -3.48. The predicted octanol–water partition coefficient (Wildman–Crippen LogP) is 4.06. The third-order valence-electron chi connectivity index (χ3n) is 3.57. The van der Waals surface area contributed by atoms with E-state index in [1.54, 1.807) is 19.2 Å². The Hall–Kier alpha value is -2.87. The van der Waals surface area contributed by atoms with E-state index in [0.29, 0.717) is 6.42 Å². The van der Waals surface area contributed by atoms with Crippen LogP contribution in [0.3, 0.4) is 0 Å². The van der Waals surface area contributed by atoms with E-state index < -0.39 is 25.1 Å². The topological polar surface area (TPSA) is 73.9 Å². The zero-order chi connectivity index (χ0) is 20.5. The Morgan fingerprint density at radius 1 is 1.14 bits per heavy atom. The van der Waals surface area contributed by atoms with Gasteiger partial charge in [0.15, 0.2) is 6.61 Å². The number of carbonyl (C=O) groups is 2. The van der Waals surface area contributed by atoms with Crippen LogP contribution in [0, 0.1) is 0 Å². The van der Waals surface area contributed by atoms with Gasteiger partial charge in [0, 0.05) is 12.1 Å². The SMILES string of the molecule is COc1ccc(CCC(=O)OCC(=O)Nc2ccc(OC(F)F)c(Cl)c2)cc1. The number of nitrogens with one attached hydrogen (secondary N) is 1. The lowest BCUT2D eigenvalue weighted by Crippen LogP contribution is -2.21. The summed E-state index contributed by atoms with van der Waals surface area (Å²) < 4.78 is 38.6. The van der Waals surface area contributed by atoms with Crippen LogP contribution >= 0.6 is 11.6 Å². The van der Waals surface area contributed by atoms with Crippen LogP contribution in [0.1, 0.15) is 12.0 Å². The molecule has 0 aliphatic carbocycles. The summed E-state index contributed by atoms with van der Waals surface area (Å²) in [5.41, 5.74) is 1.19. The number of aryl methyl sites for hydroxylation is 1. The number of hydrogen-bond donors (Lipinski definition) is 1. The third-order valence-corrected chi connectivity index (χ3v) is 3.87. The minimum atomic E-state index is -3.00. The average Bonchev–Trinajstić information content (AvgIpc) is 2.67. The Kier molecular flexibility index (Phi) is 8.01. The molecule has 0 radical (unpaired) electrons. The molecule has 9 heteroatoms. The van der Waals surface area contributed by atoms with Crippen molar-refractivity contribution in [3.8, 4) is 11.5 Å². The number of halogens is 3. The van der Waals surface area contributed by atoms with Gasteiger partial charge < -0.3 is 19.5 Å². The molecule has 2 aromatic carbocycles. The summed E-state index contributed by atoms with van der Waals surface area (Å²) in [5.74, 6) is -0.599. The van der Waals surface area contributed by atoms with Gasteiger partial charge in [-0.05, 0) is 42.3 Å². The van der Waals surface area contributed by atoms with Crippen molar-refractivity contribution in [2.75, 3.05) is 19.0 Å². The molecule has 150 valence electrons. The lowest BCUT2D eigenvalue weighted by Gasteiger charge is -2.10. The maximum absolute atomic E-state index is 12.2. The molecule has 0 aromatic heterocycles. The van der Waals surface area contributed by atoms with Crippen molar-refractivity contribution < 1.29 is 32.6 Å². The van der Waals surface area contributed by atoms with E-state index in [9.17, 15) is 18.4 Å². The van der Waals surface area contributed by atoms with Gasteiger partial charge in [-0.1, -0.05) is 23.7 Å². The van der Waals surface area contributed by atoms with E-state index in [-0.39, 0.29) is 22.9 Å². The zero-order valence-corrected chi connectivity index (χ0v) is 15.7. The van der Waals surface area contributed by atoms with Crippen molar-refractivity contribution >= 4 is 29.2 Å². The van der Waals surface area contributed by atoms with E-state index in [1.807, 2.05) is 12.1 Å². The van der Waals surface area contributed by atoms with Crippen molar-refractivity contribution in [3.63, 3.8) is 0 Å². The first-order chi connectivity index (χ1) is 13.4. The Morgan fingerprint density at radius 3 is 2.46 bits per heavy atom. The highest BCUT2D eigenvalue weighted by molar-refractivity contribution is 6.32. The van der Waals surface area contributed by atoms with Crippen molar-refractivity contribution in [2.45, 2.75) is 19.5 Å². The average molecular weight is 414 g/mol. The molecule has 0 aliphatic rings. The number of esters is 1. The normalized spacial score (nSPS) is 10.5. The second-order valence-corrected chi connectivity index (χ2v) is 5.99. The van der Waals surface area contributed by atoms with Gasteiger partial charge >= 0.3 is 12.6 Å². The van der Waals surface area contributed by atoms with Crippen LogP contribution in [0.25, 0.3) is 0 Å². The van der Waals surface area contributed by atoms with Gasteiger partial charge in [-0.25, -0.2) is 0 Å². The number of methoxy groups -OCH3 is 1. The standard InChI is InChI=1S/C19H18ClF2NO5/c1-26-14-6-2-12(3-7-14)4-9-18(25)27-11-17(24)23-13-5-8-16(15(20)10-13)28-19(21)22/h2-3,5-8,10,19H,4,9,11H2,1H3,(H,23,24). The smallest absolute Gasteiger partial charge is 0.387 e. The van der Waals surface area contributed by atoms with E-state index in [0.717, 1.165) is 11.3 Å². The van der Waals surface area contributed by atoms with Crippen molar-refractivity contribution in [1.29, 1.82) is 0 Å². The van der Waals surface area contributed by atoms with Gasteiger partial charge in [-0.3, -0.25) is 9.59 Å². The fraction of sp³-hybridized carbons (Fsp3) is 0.263. The maximum Gasteiger partial charge on any atom is 0.387 e. The molecule has 28 heavy (non-hydrogen) atoms. The number of anilines is 1. The minimum absolute atomic E-state index is 0.0883.